The zero-order valence-electron chi connectivity index (χ0n) is 13.8. The van der Waals surface area contributed by atoms with E-state index in [9.17, 15) is 0 Å². The van der Waals surface area contributed by atoms with Crippen molar-refractivity contribution in [3.05, 3.63) is 71.1 Å². The van der Waals surface area contributed by atoms with E-state index in [1.165, 1.54) is 17.5 Å². The molecular formula is C20H20ClN3O. The number of aromatic nitrogens is 2. The summed E-state index contributed by atoms with van der Waals surface area (Å²) in [6, 6.07) is 16.8. The molecule has 5 heteroatoms. The molecule has 2 aliphatic carbocycles. The fourth-order valence-electron chi connectivity index (χ4n) is 4.20. The Labute approximate surface area is 152 Å². The maximum absolute atomic E-state index is 5.65. The molecular weight excluding hydrogens is 334 g/mol. The molecule has 2 N–H and O–H groups in total. The van der Waals surface area contributed by atoms with Crippen LogP contribution in [-0.4, -0.2) is 10.1 Å². The van der Waals surface area contributed by atoms with Crippen LogP contribution < -0.4 is 5.73 Å². The Balaban J connectivity index is 0.00000157. The molecule has 0 bridgehead atoms. The van der Waals surface area contributed by atoms with Crippen molar-refractivity contribution in [3.63, 3.8) is 0 Å². The summed E-state index contributed by atoms with van der Waals surface area (Å²) in [5.41, 5.74) is 10.9. The van der Waals surface area contributed by atoms with E-state index in [0.717, 1.165) is 29.9 Å². The first-order chi connectivity index (χ1) is 11.8. The maximum atomic E-state index is 5.65. The number of fused-ring (bicyclic) bond motifs is 2. The molecule has 2 atom stereocenters. The van der Waals surface area contributed by atoms with Gasteiger partial charge in [0.2, 0.25) is 11.7 Å². The van der Waals surface area contributed by atoms with Gasteiger partial charge in [-0.3, -0.25) is 0 Å². The highest BCUT2D eigenvalue weighted by Gasteiger charge is 2.61. The van der Waals surface area contributed by atoms with Gasteiger partial charge < -0.3 is 10.3 Å². The summed E-state index contributed by atoms with van der Waals surface area (Å²) in [5.74, 6) is 1.82. The normalized spacial score (nSPS) is 23.3. The van der Waals surface area contributed by atoms with Gasteiger partial charge in [-0.25, -0.2) is 0 Å². The number of hydrogen-bond acceptors (Lipinski definition) is 4. The van der Waals surface area contributed by atoms with Gasteiger partial charge in [0.15, 0.2) is 0 Å². The SMILES string of the molecule is Cl.NCc1ccc(-c2noc(C3CC34CCc3ccccc34)n2)cc1. The zero-order valence-corrected chi connectivity index (χ0v) is 14.6. The van der Waals surface area contributed by atoms with E-state index in [4.69, 9.17) is 10.3 Å². The van der Waals surface area contributed by atoms with Gasteiger partial charge in [0.1, 0.15) is 0 Å². The number of halogens is 1. The number of benzene rings is 2. The molecule has 3 aromatic rings. The molecule has 1 heterocycles. The third-order valence-corrected chi connectivity index (χ3v) is 5.66. The minimum Gasteiger partial charge on any atom is -0.339 e. The summed E-state index contributed by atoms with van der Waals surface area (Å²) in [5, 5.41) is 4.20. The van der Waals surface area contributed by atoms with Crippen LogP contribution in [-0.2, 0) is 18.4 Å². The van der Waals surface area contributed by atoms with E-state index in [0.29, 0.717) is 18.3 Å². The number of nitrogens with two attached hydrogens (primary N) is 1. The van der Waals surface area contributed by atoms with Gasteiger partial charge in [0.25, 0.3) is 0 Å². The second-order valence-electron chi connectivity index (χ2n) is 6.93. The van der Waals surface area contributed by atoms with E-state index in [1.54, 1.807) is 0 Å². The number of nitrogens with zero attached hydrogens (tertiary/aromatic N) is 2. The van der Waals surface area contributed by atoms with Gasteiger partial charge in [-0.15, -0.1) is 12.4 Å². The number of rotatable bonds is 3. The second-order valence-corrected chi connectivity index (χ2v) is 6.93. The van der Waals surface area contributed by atoms with Crippen molar-refractivity contribution in [1.82, 2.24) is 10.1 Å². The standard InChI is InChI=1S/C20H19N3O.ClH/c21-12-13-5-7-15(8-6-13)18-22-19(24-23-18)17-11-20(17)10-9-14-3-1-2-4-16(14)20;/h1-8,17H,9-12,21H2;1H. The molecule has 1 saturated carbocycles. The van der Waals surface area contributed by atoms with E-state index < -0.39 is 0 Å². The lowest BCUT2D eigenvalue weighted by molar-refractivity contribution is 0.372. The molecule has 1 fully saturated rings. The first-order valence-corrected chi connectivity index (χ1v) is 8.51. The third-order valence-electron chi connectivity index (χ3n) is 5.66. The molecule has 25 heavy (non-hydrogen) atoms. The highest BCUT2D eigenvalue weighted by Crippen LogP contribution is 2.66. The summed E-state index contributed by atoms with van der Waals surface area (Å²) < 4.78 is 5.62. The number of aryl methyl sites for hydroxylation is 1. The molecule has 2 aromatic carbocycles. The van der Waals surface area contributed by atoms with E-state index in [-0.39, 0.29) is 17.8 Å². The molecule has 0 amide bonds. The average Bonchev–Trinajstić information content (AvgIpc) is 2.99. The average molecular weight is 354 g/mol. The molecule has 2 unspecified atom stereocenters. The van der Waals surface area contributed by atoms with E-state index in [2.05, 4.69) is 34.4 Å². The third kappa shape index (κ3) is 2.48. The Bertz CT molecular complexity index is 905. The lowest BCUT2D eigenvalue weighted by atomic mass is 9.95. The summed E-state index contributed by atoms with van der Waals surface area (Å²) in [6.07, 6.45) is 3.48. The van der Waals surface area contributed by atoms with Gasteiger partial charge in [-0.2, -0.15) is 4.98 Å². The van der Waals surface area contributed by atoms with Crippen LogP contribution >= 0.6 is 12.4 Å². The first kappa shape index (κ1) is 16.3. The summed E-state index contributed by atoms with van der Waals surface area (Å²) >= 11 is 0. The molecule has 128 valence electrons. The Hall–Kier alpha value is -2.17. The largest absolute Gasteiger partial charge is 0.339 e. The van der Waals surface area contributed by atoms with Crippen LogP contribution in [0.3, 0.4) is 0 Å². The van der Waals surface area contributed by atoms with Crippen LogP contribution in [0.25, 0.3) is 11.4 Å². The van der Waals surface area contributed by atoms with Gasteiger partial charge in [0, 0.05) is 23.4 Å². The molecule has 1 spiro atoms. The van der Waals surface area contributed by atoms with Crippen molar-refractivity contribution in [2.45, 2.75) is 37.1 Å². The van der Waals surface area contributed by atoms with Crippen LogP contribution in [0, 0.1) is 0 Å². The van der Waals surface area contributed by atoms with Crippen molar-refractivity contribution in [2.24, 2.45) is 5.73 Å². The molecule has 1 aromatic heterocycles. The van der Waals surface area contributed by atoms with Crippen LogP contribution in [0.15, 0.2) is 53.1 Å². The lowest BCUT2D eigenvalue weighted by Gasteiger charge is -2.08. The van der Waals surface area contributed by atoms with Crippen molar-refractivity contribution >= 4 is 12.4 Å². The first-order valence-electron chi connectivity index (χ1n) is 8.51. The molecule has 4 nitrogen and oxygen atoms in total. The predicted molar refractivity (Wildman–Crippen MR) is 98.7 cm³/mol. The van der Waals surface area contributed by atoms with E-state index >= 15 is 0 Å². The van der Waals surface area contributed by atoms with Gasteiger partial charge >= 0.3 is 0 Å². The predicted octanol–water partition coefficient (Wildman–Crippen LogP) is 3.99. The molecule has 0 radical (unpaired) electrons. The van der Waals surface area contributed by atoms with Crippen LogP contribution in [0.2, 0.25) is 0 Å². The topological polar surface area (TPSA) is 64.9 Å². The zero-order chi connectivity index (χ0) is 16.1. The van der Waals surface area contributed by atoms with Crippen LogP contribution in [0.5, 0.6) is 0 Å². The minimum absolute atomic E-state index is 0. The van der Waals surface area contributed by atoms with Crippen molar-refractivity contribution in [3.8, 4) is 11.4 Å². The summed E-state index contributed by atoms with van der Waals surface area (Å²) in [4.78, 5) is 4.68. The van der Waals surface area contributed by atoms with Gasteiger partial charge in [0.05, 0.1) is 0 Å². The van der Waals surface area contributed by atoms with Crippen molar-refractivity contribution < 1.29 is 4.52 Å². The summed E-state index contributed by atoms with van der Waals surface area (Å²) in [7, 11) is 0. The number of hydrogen-bond donors (Lipinski definition) is 1. The fraction of sp³-hybridized carbons (Fsp3) is 0.300. The lowest BCUT2D eigenvalue weighted by Crippen LogP contribution is -2.04. The van der Waals surface area contributed by atoms with Gasteiger partial charge in [-0.1, -0.05) is 53.7 Å². The Morgan fingerprint density at radius 1 is 1.12 bits per heavy atom. The van der Waals surface area contributed by atoms with Gasteiger partial charge in [-0.05, 0) is 36.0 Å². The monoisotopic (exact) mass is 353 g/mol. The maximum Gasteiger partial charge on any atom is 0.231 e. The minimum atomic E-state index is 0. The fourth-order valence-corrected chi connectivity index (χ4v) is 4.20. The molecule has 2 aliphatic rings. The molecule has 5 rings (SSSR count). The Kier molecular flexibility index (Phi) is 3.89. The second kappa shape index (κ2) is 5.97. The smallest absolute Gasteiger partial charge is 0.231 e. The Morgan fingerprint density at radius 2 is 1.92 bits per heavy atom. The Morgan fingerprint density at radius 3 is 2.72 bits per heavy atom. The van der Waals surface area contributed by atoms with Crippen LogP contribution in [0.4, 0.5) is 0 Å². The van der Waals surface area contributed by atoms with E-state index in [1.807, 2.05) is 24.3 Å². The quantitative estimate of drug-likeness (QED) is 0.773. The molecule has 0 aliphatic heterocycles. The molecule has 0 saturated heterocycles. The highest BCUT2D eigenvalue weighted by atomic mass is 35.5. The van der Waals surface area contributed by atoms with Crippen molar-refractivity contribution in [2.75, 3.05) is 0 Å². The summed E-state index contributed by atoms with van der Waals surface area (Å²) in [6.45, 7) is 0.543. The van der Waals surface area contributed by atoms with Crippen molar-refractivity contribution in [1.29, 1.82) is 0 Å². The highest BCUT2D eigenvalue weighted by molar-refractivity contribution is 5.85. The van der Waals surface area contributed by atoms with Crippen LogP contribution in [0.1, 0.15) is 41.3 Å².